The lowest BCUT2D eigenvalue weighted by Crippen LogP contribution is -2.28. The number of carbonyl (C=O) groups is 1. The van der Waals surface area contributed by atoms with Crippen molar-refractivity contribution in [2.24, 2.45) is 0 Å². The predicted octanol–water partition coefficient (Wildman–Crippen LogP) is 2.52. The number of nitrogens with zero attached hydrogens (tertiary/aromatic N) is 3. The monoisotopic (exact) mass is 291 g/mol. The molecule has 0 spiro atoms. The van der Waals surface area contributed by atoms with Crippen molar-refractivity contribution in [3.8, 4) is 0 Å². The van der Waals surface area contributed by atoms with Crippen LogP contribution in [0.3, 0.4) is 0 Å². The number of aromatic nitrogens is 2. The quantitative estimate of drug-likeness (QED) is 0.854. The third-order valence-corrected chi connectivity index (χ3v) is 2.86. The predicted molar refractivity (Wildman–Crippen MR) is 68.9 cm³/mol. The summed E-state index contributed by atoms with van der Waals surface area (Å²) in [6.45, 7) is 0. The molecule has 2 aromatic rings. The molecule has 1 amide bonds. The summed E-state index contributed by atoms with van der Waals surface area (Å²) in [5.41, 5.74) is 0.396. The van der Waals surface area contributed by atoms with Crippen LogP contribution in [0.2, 0.25) is 0 Å². The van der Waals surface area contributed by atoms with E-state index in [0.717, 1.165) is 4.47 Å². The van der Waals surface area contributed by atoms with Crippen molar-refractivity contribution in [3.05, 3.63) is 52.9 Å². The number of anilines is 1. The van der Waals surface area contributed by atoms with Gasteiger partial charge in [-0.15, -0.1) is 0 Å². The molecule has 2 heterocycles. The lowest BCUT2D eigenvalue weighted by molar-refractivity contribution is 0.0987. The van der Waals surface area contributed by atoms with Gasteiger partial charge < -0.3 is 0 Å². The Bertz CT molecular complexity index is 530. The van der Waals surface area contributed by atoms with Gasteiger partial charge in [-0.05, 0) is 40.2 Å². The average Bonchev–Trinajstić information content (AvgIpc) is 2.39. The number of rotatable bonds is 2. The Morgan fingerprint density at radius 2 is 1.94 bits per heavy atom. The molecule has 0 saturated carbocycles. The lowest BCUT2D eigenvalue weighted by atomic mass is 10.3. The highest BCUT2D eigenvalue weighted by atomic mass is 79.9. The molecular formula is C12H10BrN3O. The van der Waals surface area contributed by atoms with Crippen molar-refractivity contribution in [1.82, 2.24) is 9.97 Å². The highest BCUT2D eigenvalue weighted by molar-refractivity contribution is 9.10. The van der Waals surface area contributed by atoms with Crippen molar-refractivity contribution < 1.29 is 4.79 Å². The van der Waals surface area contributed by atoms with Crippen LogP contribution >= 0.6 is 15.9 Å². The maximum atomic E-state index is 12.1. The van der Waals surface area contributed by atoms with Gasteiger partial charge in [-0.2, -0.15) is 0 Å². The van der Waals surface area contributed by atoms with Gasteiger partial charge in [0.2, 0.25) is 0 Å². The van der Waals surface area contributed by atoms with Crippen LogP contribution in [0.25, 0.3) is 0 Å². The van der Waals surface area contributed by atoms with Crippen LogP contribution < -0.4 is 4.90 Å². The average molecular weight is 292 g/mol. The molecule has 86 valence electrons. The van der Waals surface area contributed by atoms with E-state index in [4.69, 9.17) is 0 Å². The molecule has 0 aliphatic rings. The molecule has 0 N–H and O–H groups in total. The van der Waals surface area contributed by atoms with Crippen molar-refractivity contribution in [3.63, 3.8) is 0 Å². The molecule has 2 rings (SSSR count). The maximum absolute atomic E-state index is 12.1. The zero-order valence-corrected chi connectivity index (χ0v) is 10.8. The molecule has 0 saturated heterocycles. The van der Waals surface area contributed by atoms with E-state index in [0.29, 0.717) is 11.5 Å². The first-order valence-electron chi connectivity index (χ1n) is 5.00. The second-order valence-corrected chi connectivity index (χ2v) is 4.24. The smallest absolute Gasteiger partial charge is 0.277 e. The summed E-state index contributed by atoms with van der Waals surface area (Å²) in [7, 11) is 1.67. The van der Waals surface area contributed by atoms with Gasteiger partial charge >= 0.3 is 0 Å². The van der Waals surface area contributed by atoms with E-state index in [9.17, 15) is 4.79 Å². The normalized spacial score (nSPS) is 10.0. The molecule has 2 aromatic heterocycles. The topological polar surface area (TPSA) is 46.1 Å². The van der Waals surface area contributed by atoms with E-state index >= 15 is 0 Å². The fourth-order valence-corrected chi connectivity index (χ4v) is 1.90. The van der Waals surface area contributed by atoms with Crippen LogP contribution in [-0.4, -0.2) is 22.9 Å². The zero-order chi connectivity index (χ0) is 12.3. The van der Waals surface area contributed by atoms with E-state index in [1.807, 2.05) is 6.07 Å². The Hall–Kier alpha value is -1.75. The second kappa shape index (κ2) is 5.05. The highest BCUT2D eigenvalue weighted by Gasteiger charge is 2.17. The SMILES string of the molecule is CN(C(=O)c1ccccn1)c1ncccc1Br. The van der Waals surface area contributed by atoms with Crippen LogP contribution in [0, 0.1) is 0 Å². The minimum absolute atomic E-state index is 0.190. The molecule has 0 fully saturated rings. The molecule has 0 unspecified atom stereocenters. The summed E-state index contributed by atoms with van der Waals surface area (Å²) in [5, 5.41) is 0. The molecule has 17 heavy (non-hydrogen) atoms. The summed E-state index contributed by atoms with van der Waals surface area (Å²) >= 11 is 3.36. The summed E-state index contributed by atoms with van der Waals surface area (Å²) in [5.74, 6) is 0.383. The molecular weight excluding hydrogens is 282 g/mol. The minimum atomic E-state index is -0.190. The van der Waals surface area contributed by atoms with Gasteiger partial charge in [0, 0.05) is 19.4 Å². The Kier molecular flexibility index (Phi) is 3.49. The molecule has 0 radical (unpaired) electrons. The number of pyridine rings is 2. The van der Waals surface area contributed by atoms with Crippen LogP contribution in [0.15, 0.2) is 47.2 Å². The molecule has 0 aromatic carbocycles. The Morgan fingerprint density at radius 3 is 2.59 bits per heavy atom. The van der Waals surface area contributed by atoms with Crippen LogP contribution in [0.5, 0.6) is 0 Å². The van der Waals surface area contributed by atoms with E-state index < -0.39 is 0 Å². The first-order valence-corrected chi connectivity index (χ1v) is 5.79. The Labute approximate surface area is 107 Å². The lowest BCUT2D eigenvalue weighted by Gasteiger charge is -2.16. The van der Waals surface area contributed by atoms with Crippen molar-refractivity contribution in [2.45, 2.75) is 0 Å². The highest BCUT2D eigenvalue weighted by Crippen LogP contribution is 2.22. The van der Waals surface area contributed by atoms with E-state index in [1.54, 1.807) is 43.7 Å². The van der Waals surface area contributed by atoms with Crippen molar-refractivity contribution in [2.75, 3.05) is 11.9 Å². The van der Waals surface area contributed by atoms with Gasteiger partial charge in [-0.3, -0.25) is 14.7 Å². The van der Waals surface area contributed by atoms with Crippen molar-refractivity contribution >= 4 is 27.7 Å². The van der Waals surface area contributed by atoms with E-state index in [2.05, 4.69) is 25.9 Å². The van der Waals surface area contributed by atoms with Gasteiger partial charge in [0.1, 0.15) is 11.5 Å². The fourth-order valence-electron chi connectivity index (χ4n) is 1.38. The largest absolute Gasteiger partial charge is 0.294 e. The summed E-state index contributed by atoms with van der Waals surface area (Å²) in [4.78, 5) is 21.7. The molecule has 0 bridgehead atoms. The maximum Gasteiger partial charge on any atom is 0.277 e. The van der Waals surface area contributed by atoms with E-state index in [-0.39, 0.29) is 5.91 Å². The Balaban J connectivity index is 2.30. The van der Waals surface area contributed by atoms with Gasteiger partial charge in [-0.1, -0.05) is 6.07 Å². The fraction of sp³-hybridized carbons (Fsp3) is 0.0833. The number of hydrogen-bond donors (Lipinski definition) is 0. The van der Waals surface area contributed by atoms with Gasteiger partial charge in [-0.25, -0.2) is 4.98 Å². The second-order valence-electron chi connectivity index (χ2n) is 3.39. The summed E-state index contributed by atoms with van der Waals surface area (Å²) in [6, 6.07) is 8.86. The van der Waals surface area contributed by atoms with E-state index in [1.165, 1.54) is 4.90 Å². The molecule has 0 atom stereocenters. The Morgan fingerprint density at radius 1 is 1.18 bits per heavy atom. The van der Waals surface area contributed by atoms with Crippen molar-refractivity contribution in [1.29, 1.82) is 0 Å². The third kappa shape index (κ3) is 2.50. The van der Waals surface area contributed by atoms with Crippen LogP contribution in [0.1, 0.15) is 10.5 Å². The zero-order valence-electron chi connectivity index (χ0n) is 9.17. The van der Waals surface area contributed by atoms with Gasteiger partial charge in [0.15, 0.2) is 0 Å². The minimum Gasteiger partial charge on any atom is -0.294 e. The molecule has 4 nitrogen and oxygen atoms in total. The first-order chi connectivity index (χ1) is 8.20. The standard InChI is InChI=1S/C12H10BrN3O/c1-16(11-9(13)5-4-8-15-11)12(17)10-6-2-3-7-14-10/h2-8H,1H3. The molecule has 5 heteroatoms. The van der Waals surface area contributed by atoms with Crippen LogP contribution in [-0.2, 0) is 0 Å². The third-order valence-electron chi connectivity index (χ3n) is 2.25. The number of carbonyl (C=O) groups excluding carboxylic acids is 1. The molecule has 0 aliphatic carbocycles. The number of amides is 1. The summed E-state index contributed by atoms with van der Waals surface area (Å²) < 4.78 is 0.770. The van der Waals surface area contributed by atoms with Gasteiger partial charge in [0.25, 0.3) is 5.91 Å². The summed E-state index contributed by atoms with van der Waals surface area (Å²) in [6.07, 6.45) is 3.23. The first kappa shape index (κ1) is 11.7. The van der Waals surface area contributed by atoms with Gasteiger partial charge in [0.05, 0.1) is 4.47 Å². The number of hydrogen-bond acceptors (Lipinski definition) is 3. The van der Waals surface area contributed by atoms with Crippen LogP contribution in [0.4, 0.5) is 5.82 Å². The molecule has 0 aliphatic heterocycles. The number of halogens is 1.